The van der Waals surface area contributed by atoms with Crippen LogP contribution in [0.1, 0.15) is 53.8 Å². The van der Waals surface area contributed by atoms with Crippen LogP contribution in [-0.2, 0) is 4.79 Å². The number of fused-ring (bicyclic) bond motifs is 1. The molecule has 0 amide bonds. The van der Waals surface area contributed by atoms with Crippen LogP contribution in [0.4, 0.5) is 0 Å². The van der Waals surface area contributed by atoms with Crippen LogP contribution in [0.15, 0.2) is 35.4 Å². The Morgan fingerprint density at radius 1 is 1.14 bits per heavy atom. The molecular formula is C20H23BrO7. The molecule has 0 aliphatic heterocycles. The maximum Gasteiger partial charge on any atom is 0.303 e. The van der Waals surface area contributed by atoms with Crippen molar-refractivity contribution in [1.29, 1.82) is 0 Å². The smallest absolute Gasteiger partial charge is 0.303 e. The molecule has 0 heterocycles. The summed E-state index contributed by atoms with van der Waals surface area (Å²) in [6.45, 7) is 3.71. The van der Waals surface area contributed by atoms with Crippen molar-refractivity contribution in [1.82, 2.24) is 0 Å². The van der Waals surface area contributed by atoms with E-state index in [2.05, 4.69) is 15.9 Å². The Kier molecular flexibility index (Phi) is 9.08. The highest BCUT2D eigenvalue weighted by atomic mass is 79.9. The number of aliphatic carboxylic acids is 1. The van der Waals surface area contributed by atoms with Gasteiger partial charge in [0.25, 0.3) is 0 Å². The van der Waals surface area contributed by atoms with Crippen LogP contribution in [0, 0.1) is 0 Å². The van der Waals surface area contributed by atoms with Crippen molar-refractivity contribution in [2.45, 2.75) is 39.2 Å². The van der Waals surface area contributed by atoms with Gasteiger partial charge in [0.1, 0.15) is 11.5 Å². The normalized spacial score (nSPS) is 13.6. The van der Waals surface area contributed by atoms with E-state index in [0.29, 0.717) is 0 Å². The molecule has 1 aliphatic rings. The fourth-order valence-corrected chi connectivity index (χ4v) is 2.70. The molecule has 0 radical (unpaired) electrons. The van der Waals surface area contributed by atoms with Crippen molar-refractivity contribution < 1.29 is 34.8 Å². The van der Waals surface area contributed by atoms with E-state index >= 15 is 0 Å². The first-order chi connectivity index (χ1) is 13.1. The number of aromatic hydroxyl groups is 2. The number of carbonyl (C=O) groups excluding carboxylic acids is 2. The van der Waals surface area contributed by atoms with Crippen LogP contribution in [0.3, 0.4) is 0 Å². The topological polar surface area (TPSA) is 132 Å². The predicted octanol–water partition coefficient (Wildman–Crippen LogP) is 3.37. The number of allylic oxidation sites excluding steroid dienone is 2. The summed E-state index contributed by atoms with van der Waals surface area (Å²) in [5.74, 6) is -2.73. The van der Waals surface area contributed by atoms with Gasteiger partial charge in [-0.15, -0.1) is 0 Å². The molecule has 4 N–H and O–H groups in total. The molecule has 0 fully saturated rings. The van der Waals surface area contributed by atoms with E-state index in [9.17, 15) is 29.7 Å². The van der Waals surface area contributed by atoms with Gasteiger partial charge in [-0.25, -0.2) is 0 Å². The number of halogens is 1. The molecule has 1 aliphatic carbocycles. The fourth-order valence-electron chi connectivity index (χ4n) is 2.42. The lowest BCUT2D eigenvalue weighted by Crippen LogP contribution is -2.25. The molecule has 1 aromatic carbocycles. The van der Waals surface area contributed by atoms with E-state index in [0.717, 1.165) is 35.5 Å². The third-order valence-electron chi connectivity index (χ3n) is 3.82. The van der Waals surface area contributed by atoms with Gasteiger partial charge in [-0.2, -0.15) is 0 Å². The van der Waals surface area contributed by atoms with Gasteiger partial charge in [-0.3, -0.25) is 14.4 Å². The first-order valence-electron chi connectivity index (χ1n) is 8.54. The largest absolute Gasteiger partial charge is 0.507 e. The van der Waals surface area contributed by atoms with Crippen LogP contribution in [-0.4, -0.2) is 49.4 Å². The number of ketones is 2. The number of Topliss-reactive ketones (excluding diaryl/α,β-unsaturated/α-hetero) is 1. The number of aliphatic hydroxyl groups is 1. The second-order valence-corrected chi connectivity index (χ2v) is 7.16. The molecule has 0 bridgehead atoms. The van der Waals surface area contributed by atoms with Gasteiger partial charge in [-0.1, -0.05) is 27.6 Å². The fraction of sp³-hybridized carbons (Fsp3) is 0.350. The van der Waals surface area contributed by atoms with E-state index in [1.165, 1.54) is 0 Å². The van der Waals surface area contributed by atoms with Crippen molar-refractivity contribution in [3.05, 3.63) is 46.6 Å². The molecule has 0 spiro atoms. The summed E-state index contributed by atoms with van der Waals surface area (Å²) in [6, 6.07) is 2.29. The maximum atomic E-state index is 12.3. The monoisotopic (exact) mass is 454 g/mol. The number of phenols is 2. The second-order valence-electron chi connectivity index (χ2n) is 6.37. The van der Waals surface area contributed by atoms with Gasteiger partial charge in [0.2, 0.25) is 0 Å². The first-order valence-corrected chi connectivity index (χ1v) is 9.67. The Labute approximate surface area is 171 Å². The Balaban J connectivity index is 0.000000480. The Hall–Kier alpha value is -2.45. The predicted molar refractivity (Wildman–Crippen MR) is 107 cm³/mol. The number of carboxylic acid groups (broad SMARTS) is 1. The standard InChI is InChI=1S/C16H16O5.C4H7BrO2/c1-8(2)3-4-10(17)9-7-13(20)14-11(18)5-6-12(19)15(14)16(9)21;5-3-1-2-4(6)7/h3,5-7,10,17-19H,4H2,1-2H3;1-3H2,(H,6,7). The molecule has 152 valence electrons. The highest BCUT2D eigenvalue weighted by molar-refractivity contribution is 9.09. The summed E-state index contributed by atoms with van der Waals surface area (Å²) in [7, 11) is 0. The van der Waals surface area contributed by atoms with Crippen molar-refractivity contribution in [3.63, 3.8) is 0 Å². The molecule has 0 saturated heterocycles. The first kappa shape index (κ1) is 23.6. The molecule has 0 saturated carbocycles. The van der Waals surface area contributed by atoms with E-state index in [1.54, 1.807) is 6.08 Å². The van der Waals surface area contributed by atoms with Crippen LogP contribution >= 0.6 is 15.9 Å². The number of carboxylic acids is 1. The van der Waals surface area contributed by atoms with E-state index < -0.39 is 23.6 Å². The zero-order valence-corrected chi connectivity index (χ0v) is 17.2. The van der Waals surface area contributed by atoms with Crippen LogP contribution < -0.4 is 0 Å². The van der Waals surface area contributed by atoms with Gasteiger partial charge < -0.3 is 20.4 Å². The minimum Gasteiger partial charge on any atom is -0.507 e. The molecule has 1 atom stereocenters. The Morgan fingerprint density at radius 3 is 2.18 bits per heavy atom. The average Bonchev–Trinajstić information content (AvgIpc) is 2.63. The van der Waals surface area contributed by atoms with Gasteiger partial charge >= 0.3 is 5.97 Å². The minimum absolute atomic E-state index is 0.0779. The van der Waals surface area contributed by atoms with Crippen molar-refractivity contribution in [2.75, 3.05) is 5.33 Å². The molecule has 7 nitrogen and oxygen atoms in total. The number of alkyl halides is 1. The van der Waals surface area contributed by atoms with Crippen LogP contribution in [0.5, 0.6) is 11.5 Å². The summed E-state index contributed by atoms with van der Waals surface area (Å²) in [6.07, 6.45) is 2.82. The number of carbonyl (C=O) groups is 3. The molecule has 2 rings (SSSR count). The highest BCUT2D eigenvalue weighted by Gasteiger charge is 2.33. The summed E-state index contributed by atoms with van der Waals surface area (Å²) in [5, 5.41) is 38.3. The highest BCUT2D eigenvalue weighted by Crippen LogP contribution is 2.35. The van der Waals surface area contributed by atoms with Gasteiger partial charge in [0.15, 0.2) is 11.6 Å². The summed E-state index contributed by atoms with van der Waals surface area (Å²) in [5.41, 5.74) is 0.419. The average molecular weight is 455 g/mol. The number of phenolic OH excluding ortho intramolecular Hbond substituents is 2. The molecule has 0 aromatic heterocycles. The SMILES string of the molecule is CC(C)=CCC(O)C1=CC(=O)c2c(O)ccc(O)c2C1=O.O=C(O)CCCBr. The zero-order chi connectivity index (χ0) is 21.4. The molecule has 28 heavy (non-hydrogen) atoms. The second kappa shape index (κ2) is 10.8. The third kappa shape index (κ3) is 6.31. The van der Waals surface area contributed by atoms with Crippen LogP contribution in [0.2, 0.25) is 0 Å². The number of aliphatic hydroxyl groups excluding tert-OH is 1. The third-order valence-corrected chi connectivity index (χ3v) is 4.38. The lowest BCUT2D eigenvalue weighted by Gasteiger charge is -2.20. The quantitative estimate of drug-likeness (QED) is 0.294. The van der Waals surface area contributed by atoms with Gasteiger partial charge in [0.05, 0.1) is 17.2 Å². The van der Waals surface area contributed by atoms with Crippen molar-refractivity contribution in [3.8, 4) is 11.5 Å². The van der Waals surface area contributed by atoms with E-state index in [4.69, 9.17) is 5.11 Å². The van der Waals surface area contributed by atoms with Crippen molar-refractivity contribution in [2.24, 2.45) is 0 Å². The molecule has 8 heteroatoms. The number of rotatable bonds is 6. The summed E-state index contributed by atoms with van der Waals surface area (Å²) < 4.78 is 0. The van der Waals surface area contributed by atoms with E-state index in [-0.39, 0.29) is 41.0 Å². The lowest BCUT2D eigenvalue weighted by molar-refractivity contribution is -0.137. The Morgan fingerprint density at radius 2 is 1.71 bits per heavy atom. The van der Waals surface area contributed by atoms with Crippen molar-refractivity contribution >= 4 is 33.5 Å². The maximum absolute atomic E-state index is 12.3. The number of benzene rings is 1. The minimum atomic E-state index is -1.13. The molecule has 1 aromatic rings. The van der Waals surface area contributed by atoms with Crippen LogP contribution in [0.25, 0.3) is 0 Å². The lowest BCUT2D eigenvalue weighted by atomic mass is 9.85. The summed E-state index contributed by atoms with van der Waals surface area (Å²) in [4.78, 5) is 34.1. The number of hydrogen-bond donors (Lipinski definition) is 4. The van der Waals surface area contributed by atoms with Gasteiger partial charge in [-0.05, 0) is 44.9 Å². The van der Waals surface area contributed by atoms with Gasteiger partial charge in [0, 0.05) is 17.3 Å². The molecular weight excluding hydrogens is 432 g/mol. The molecule has 1 unspecified atom stereocenters. The summed E-state index contributed by atoms with van der Waals surface area (Å²) >= 11 is 3.11. The zero-order valence-electron chi connectivity index (χ0n) is 15.6. The number of hydrogen-bond acceptors (Lipinski definition) is 6. The van der Waals surface area contributed by atoms with E-state index in [1.807, 2.05) is 13.8 Å². The Bertz CT molecular complexity index is 820.